The molecule has 1 aromatic heterocycles. The highest BCUT2D eigenvalue weighted by atomic mass is 16.5. The van der Waals surface area contributed by atoms with Crippen LogP contribution in [0.1, 0.15) is 5.56 Å². The van der Waals surface area contributed by atoms with E-state index in [0.717, 1.165) is 11.1 Å². The van der Waals surface area contributed by atoms with Gasteiger partial charge in [0.25, 0.3) is 0 Å². The number of fused-ring (bicyclic) bond motifs is 1. The molecule has 0 aliphatic rings. The average molecular weight is 491 g/mol. The molecule has 0 saturated carbocycles. The van der Waals surface area contributed by atoms with Crippen LogP contribution in [0, 0.1) is 0 Å². The minimum atomic E-state index is 0.255. The lowest BCUT2D eigenvalue weighted by molar-refractivity contribution is 0.302. The van der Waals surface area contributed by atoms with Gasteiger partial charge in [0.2, 0.25) is 0 Å². The normalized spacial score (nSPS) is 11.7. The monoisotopic (exact) mass is 490 g/mol. The van der Waals surface area contributed by atoms with Crippen LogP contribution in [-0.4, -0.2) is 45.1 Å². The fourth-order valence-corrected chi connectivity index (χ4v) is 4.07. The maximum atomic E-state index is 9.95. The van der Waals surface area contributed by atoms with Gasteiger partial charge in [-0.1, -0.05) is 11.2 Å². The van der Waals surface area contributed by atoms with Gasteiger partial charge >= 0.3 is 0 Å². The van der Waals surface area contributed by atoms with Crippen LogP contribution in [0.2, 0.25) is 0 Å². The van der Waals surface area contributed by atoms with Gasteiger partial charge < -0.3 is 33.8 Å². The van der Waals surface area contributed by atoms with Gasteiger partial charge in [0, 0.05) is 35.9 Å². The van der Waals surface area contributed by atoms with Crippen molar-refractivity contribution in [3.63, 3.8) is 0 Å². The standard InChI is InChI=1S/C27H26N2O7/c1-32-18-8-6-17(7-9-18)22-14-20(29-31)26-24(35-4)15-23(34-3)25(27(26)36-22)19-13-16(11-12-28-30)5-10-21(19)33-2/h5-10,12-15,30-31H,11H2,1-4H3. The quantitative estimate of drug-likeness (QED) is 0.201. The number of rotatable bonds is 8. The summed E-state index contributed by atoms with van der Waals surface area (Å²) in [7, 11) is 6.22. The lowest BCUT2D eigenvalue weighted by Gasteiger charge is -2.18. The maximum absolute atomic E-state index is 9.95. The number of ether oxygens (including phenoxy) is 4. The fraction of sp³-hybridized carbons (Fsp3) is 0.185. The molecule has 0 spiro atoms. The summed E-state index contributed by atoms with van der Waals surface area (Å²) in [5.41, 5.74) is 3.24. The molecule has 1 heterocycles. The van der Waals surface area contributed by atoms with Crippen molar-refractivity contribution < 1.29 is 33.8 Å². The average Bonchev–Trinajstić information content (AvgIpc) is 2.94. The maximum Gasteiger partial charge on any atom is 0.152 e. The molecule has 186 valence electrons. The van der Waals surface area contributed by atoms with Gasteiger partial charge in [0.1, 0.15) is 34.1 Å². The zero-order valence-corrected chi connectivity index (χ0v) is 20.3. The van der Waals surface area contributed by atoms with E-state index in [0.29, 0.717) is 57.3 Å². The van der Waals surface area contributed by atoms with Gasteiger partial charge in [-0.2, -0.15) is 0 Å². The zero-order chi connectivity index (χ0) is 25.7. The fourth-order valence-electron chi connectivity index (χ4n) is 4.07. The van der Waals surface area contributed by atoms with Gasteiger partial charge in [-0.3, -0.25) is 0 Å². The van der Waals surface area contributed by atoms with Gasteiger partial charge in [0.15, 0.2) is 5.58 Å². The summed E-state index contributed by atoms with van der Waals surface area (Å²) in [6.07, 6.45) is 1.79. The number of benzene rings is 3. The molecule has 0 fully saturated rings. The number of nitrogens with zero attached hydrogens (tertiary/aromatic N) is 2. The summed E-state index contributed by atoms with van der Waals surface area (Å²) in [6.45, 7) is 0. The van der Waals surface area contributed by atoms with Crippen LogP contribution in [0.3, 0.4) is 0 Å². The molecule has 0 saturated heterocycles. The smallest absolute Gasteiger partial charge is 0.152 e. The molecular formula is C27H26N2O7. The number of hydrogen-bond acceptors (Lipinski definition) is 9. The van der Waals surface area contributed by atoms with Crippen molar-refractivity contribution in [1.82, 2.24) is 0 Å². The third-order valence-corrected chi connectivity index (χ3v) is 5.81. The van der Waals surface area contributed by atoms with Crippen LogP contribution < -0.4 is 24.3 Å². The summed E-state index contributed by atoms with van der Waals surface area (Å²) < 4.78 is 28.7. The second-order valence-electron chi connectivity index (χ2n) is 7.72. The highest BCUT2D eigenvalue weighted by molar-refractivity contribution is 6.01. The first-order valence-electron chi connectivity index (χ1n) is 11.0. The number of oxime groups is 1. The summed E-state index contributed by atoms with van der Waals surface area (Å²) in [6, 6.07) is 16.2. The van der Waals surface area contributed by atoms with Gasteiger partial charge in [-0.05, 0) is 42.0 Å². The van der Waals surface area contributed by atoms with E-state index in [1.54, 1.807) is 33.5 Å². The molecule has 36 heavy (non-hydrogen) atoms. The van der Waals surface area contributed by atoms with Crippen molar-refractivity contribution in [2.24, 2.45) is 10.3 Å². The molecule has 0 aliphatic heterocycles. The lowest BCUT2D eigenvalue weighted by Crippen LogP contribution is -2.07. The molecule has 0 bridgehead atoms. The Hall–Kier alpha value is -4.66. The Morgan fingerprint density at radius 3 is 2.14 bits per heavy atom. The van der Waals surface area contributed by atoms with Crippen LogP contribution in [0.5, 0.6) is 23.0 Å². The van der Waals surface area contributed by atoms with Crippen molar-refractivity contribution in [3.05, 3.63) is 65.5 Å². The predicted molar refractivity (Wildman–Crippen MR) is 135 cm³/mol. The summed E-state index contributed by atoms with van der Waals surface area (Å²) in [5, 5.41) is 26.2. The van der Waals surface area contributed by atoms with E-state index in [2.05, 4.69) is 10.3 Å². The van der Waals surface area contributed by atoms with E-state index in [1.807, 2.05) is 42.5 Å². The van der Waals surface area contributed by atoms with Gasteiger partial charge in [-0.15, -0.1) is 5.16 Å². The summed E-state index contributed by atoms with van der Waals surface area (Å²) in [5.74, 6) is 2.59. The Balaban J connectivity index is 2.12. The van der Waals surface area contributed by atoms with Crippen molar-refractivity contribution in [2.45, 2.75) is 6.42 Å². The molecule has 3 aromatic carbocycles. The van der Waals surface area contributed by atoms with E-state index in [-0.39, 0.29) is 5.36 Å². The molecule has 4 aromatic rings. The van der Waals surface area contributed by atoms with Crippen molar-refractivity contribution in [1.29, 1.82) is 0 Å². The minimum Gasteiger partial charge on any atom is -0.497 e. The second-order valence-corrected chi connectivity index (χ2v) is 7.72. The van der Waals surface area contributed by atoms with E-state index in [4.69, 9.17) is 28.6 Å². The Labute approximate surface area is 207 Å². The van der Waals surface area contributed by atoms with Crippen LogP contribution in [0.15, 0.2) is 69.3 Å². The first-order valence-corrected chi connectivity index (χ1v) is 11.0. The molecule has 0 amide bonds. The highest BCUT2D eigenvalue weighted by Crippen LogP contribution is 2.45. The molecule has 2 N–H and O–H groups in total. The van der Waals surface area contributed by atoms with Gasteiger partial charge in [0.05, 0.1) is 39.4 Å². The largest absolute Gasteiger partial charge is 0.497 e. The third-order valence-electron chi connectivity index (χ3n) is 5.81. The molecule has 0 atom stereocenters. The summed E-state index contributed by atoms with van der Waals surface area (Å²) >= 11 is 0. The molecule has 9 heteroatoms. The molecule has 0 aliphatic carbocycles. The van der Waals surface area contributed by atoms with Crippen molar-refractivity contribution >= 4 is 17.2 Å². The van der Waals surface area contributed by atoms with E-state index < -0.39 is 0 Å². The lowest BCUT2D eigenvalue weighted by atomic mass is 9.96. The Bertz CT molecular complexity index is 1470. The van der Waals surface area contributed by atoms with Gasteiger partial charge in [-0.25, -0.2) is 0 Å². The molecule has 4 rings (SSSR count). The molecule has 0 unspecified atom stereocenters. The van der Waals surface area contributed by atoms with Crippen LogP contribution >= 0.6 is 0 Å². The Kier molecular flexibility index (Phi) is 7.29. The topological polar surface area (TPSA) is 115 Å². The zero-order valence-electron chi connectivity index (χ0n) is 20.3. The first kappa shape index (κ1) is 24.5. The SMILES string of the molecule is COc1ccc(-c2cc(=NO)c3c(OC)cc(OC)c(-c4cc(CC=NO)ccc4OC)c3o2)cc1. The second kappa shape index (κ2) is 10.7. The van der Waals surface area contributed by atoms with E-state index in [9.17, 15) is 5.21 Å². The van der Waals surface area contributed by atoms with Crippen molar-refractivity contribution in [3.8, 4) is 45.4 Å². The van der Waals surface area contributed by atoms with Crippen LogP contribution in [-0.2, 0) is 6.42 Å². The first-order chi connectivity index (χ1) is 17.6. The Morgan fingerprint density at radius 2 is 1.53 bits per heavy atom. The van der Waals surface area contributed by atoms with Crippen LogP contribution in [0.4, 0.5) is 0 Å². The minimum absolute atomic E-state index is 0.255. The molecule has 9 nitrogen and oxygen atoms in total. The Morgan fingerprint density at radius 1 is 0.806 bits per heavy atom. The summed E-state index contributed by atoms with van der Waals surface area (Å²) in [4.78, 5) is 0. The molecule has 0 radical (unpaired) electrons. The van der Waals surface area contributed by atoms with E-state index in [1.165, 1.54) is 13.3 Å². The van der Waals surface area contributed by atoms with E-state index >= 15 is 0 Å². The number of methoxy groups -OCH3 is 4. The number of hydrogen-bond donors (Lipinski definition) is 2. The third kappa shape index (κ3) is 4.50. The predicted octanol–water partition coefficient (Wildman–Crippen LogP) is 5.09. The highest BCUT2D eigenvalue weighted by Gasteiger charge is 2.23. The van der Waals surface area contributed by atoms with Crippen molar-refractivity contribution in [2.75, 3.05) is 28.4 Å². The molecular weight excluding hydrogens is 464 g/mol. The van der Waals surface area contributed by atoms with Crippen LogP contribution in [0.25, 0.3) is 33.4 Å².